The molecule has 0 saturated carbocycles. The lowest BCUT2D eigenvalue weighted by molar-refractivity contribution is -0.384. The largest absolute Gasteiger partial charge is 0.463 e. The van der Waals surface area contributed by atoms with Crippen molar-refractivity contribution in [3.05, 3.63) is 50.4 Å². The van der Waals surface area contributed by atoms with Gasteiger partial charge in [0.25, 0.3) is 5.69 Å². The summed E-state index contributed by atoms with van der Waals surface area (Å²) < 4.78 is 5.00. The predicted molar refractivity (Wildman–Crippen MR) is 54.5 cm³/mol. The number of nitrogens with zero attached hydrogens (tertiary/aromatic N) is 1. The normalized spacial score (nSPS) is 10.2. The lowest BCUT2D eigenvalue weighted by Crippen LogP contribution is -2.07. The first-order valence-corrected chi connectivity index (χ1v) is 4.28. The molecule has 0 spiro atoms. The van der Waals surface area contributed by atoms with Crippen LogP contribution in [0.15, 0.2) is 33.7 Å². The van der Waals surface area contributed by atoms with Crippen molar-refractivity contribution in [2.24, 2.45) is 0 Å². The SMILES string of the molecule is O=Cc1coc2ccc([N+](=O)[O-])cc2c1=O. The molecular weight excluding hydrogens is 214 g/mol. The lowest BCUT2D eigenvalue weighted by atomic mass is 10.1. The molecule has 0 aliphatic heterocycles. The van der Waals surface area contributed by atoms with Crippen LogP contribution in [0.1, 0.15) is 10.4 Å². The maximum Gasteiger partial charge on any atom is 0.270 e. The Bertz CT molecular complexity index is 643. The molecule has 1 heterocycles. The monoisotopic (exact) mass is 219 g/mol. The molecule has 0 fully saturated rings. The van der Waals surface area contributed by atoms with Crippen molar-refractivity contribution < 1.29 is 14.1 Å². The zero-order valence-electron chi connectivity index (χ0n) is 7.88. The van der Waals surface area contributed by atoms with Gasteiger partial charge in [0, 0.05) is 12.1 Å². The van der Waals surface area contributed by atoms with Gasteiger partial charge in [0.05, 0.1) is 15.9 Å². The van der Waals surface area contributed by atoms with E-state index in [1.807, 2.05) is 0 Å². The highest BCUT2D eigenvalue weighted by molar-refractivity contribution is 5.85. The third-order valence-corrected chi connectivity index (χ3v) is 2.12. The Morgan fingerprint density at radius 3 is 2.75 bits per heavy atom. The maximum atomic E-state index is 11.6. The molecule has 6 heteroatoms. The van der Waals surface area contributed by atoms with E-state index < -0.39 is 10.4 Å². The maximum absolute atomic E-state index is 11.6. The first kappa shape index (κ1) is 10.0. The van der Waals surface area contributed by atoms with Gasteiger partial charge in [-0.1, -0.05) is 0 Å². The van der Waals surface area contributed by atoms with Crippen molar-refractivity contribution in [3.63, 3.8) is 0 Å². The van der Waals surface area contributed by atoms with Crippen molar-refractivity contribution in [1.82, 2.24) is 0 Å². The third kappa shape index (κ3) is 1.46. The summed E-state index contributed by atoms with van der Waals surface area (Å²) in [5.74, 6) is 0. The molecule has 1 aromatic heterocycles. The Kier molecular flexibility index (Phi) is 2.24. The van der Waals surface area contributed by atoms with Crippen LogP contribution in [0.4, 0.5) is 5.69 Å². The molecule has 0 amide bonds. The van der Waals surface area contributed by atoms with Gasteiger partial charge in [0.1, 0.15) is 11.8 Å². The number of nitro benzene ring substituents is 1. The van der Waals surface area contributed by atoms with E-state index in [4.69, 9.17) is 4.42 Å². The van der Waals surface area contributed by atoms with Crippen LogP contribution < -0.4 is 5.43 Å². The van der Waals surface area contributed by atoms with Gasteiger partial charge >= 0.3 is 0 Å². The van der Waals surface area contributed by atoms with E-state index >= 15 is 0 Å². The molecule has 0 bridgehead atoms. The number of aldehydes is 1. The highest BCUT2D eigenvalue weighted by Gasteiger charge is 2.11. The second kappa shape index (κ2) is 3.58. The molecule has 0 aliphatic rings. The van der Waals surface area contributed by atoms with E-state index in [9.17, 15) is 19.7 Å². The highest BCUT2D eigenvalue weighted by Crippen LogP contribution is 2.18. The number of fused-ring (bicyclic) bond motifs is 1. The first-order chi connectivity index (χ1) is 7.63. The van der Waals surface area contributed by atoms with Crippen LogP contribution in [0, 0.1) is 10.1 Å². The minimum absolute atomic E-state index is 0.0267. The molecule has 0 saturated heterocycles. The molecule has 80 valence electrons. The van der Waals surface area contributed by atoms with Crippen LogP contribution in [0.25, 0.3) is 11.0 Å². The van der Waals surface area contributed by atoms with E-state index in [0.717, 1.165) is 12.3 Å². The van der Waals surface area contributed by atoms with Crippen LogP contribution in [-0.2, 0) is 0 Å². The number of nitro groups is 1. The summed E-state index contributed by atoms with van der Waals surface area (Å²) >= 11 is 0. The Balaban J connectivity index is 2.84. The fourth-order valence-electron chi connectivity index (χ4n) is 1.33. The van der Waals surface area contributed by atoms with Crippen molar-refractivity contribution in [2.45, 2.75) is 0 Å². The summed E-state index contributed by atoms with van der Waals surface area (Å²) in [6.45, 7) is 0. The fraction of sp³-hybridized carbons (Fsp3) is 0. The topological polar surface area (TPSA) is 90.4 Å². The predicted octanol–water partition coefficient (Wildman–Crippen LogP) is 1.51. The van der Waals surface area contributed by atoms with E-state index in [0.29, 0.717) is 6.29 Å². The van der Waals surface area contributed by atoms with Crippen LogP contribution in [0.5, 0.6) is 0 Å². The average molecular weight is 219 g/mol. The van der Waals surface area contributed by atoms with Gasteiger partial charge < -0.3 is 4.42 Å². The Morgan fingerprint density at radius 2 is 2.12 bits per heavy atom. The molecular formula is C10H5NO5. The molecule has 6 nitrogen and oxygen atoms in total. The van der Waals surface area contributed by atoms with Crippen LogP contribution in [0.3, 0.4) is 0 Å². The summed E-state index contributed by atoms with van der Waals surface area (Å²) in [6.07, 6.45) is 1.38. The molecule has 2 aromatic rings. The Hall–Kier alpha value is -2.50. The van der Waals surface area contributed by atoms with E-state index in [-0.39, 0.29) is 22.2 Å². The van der Waals surface area contributed by atoms with Gasteiger partial charge in [-0.25, -0.2) is 0 Å². The minimum Gasteiger partial charge on any atom is -0.463 e. The number of benzene rings is 1. The highest BCUT2D eigenvalue weighted by atomic mass is 16.6. The van der Waals surface area contributed by atoms with Crippen LogP contribution >= 0.6 is 0 Å². The lowest BCUT2D eigenvalue weighted by Gasteiger charge is -1.97. The molecule has 2 rings (SSSR count). The molecule has 0 aliphatic carbocycles. The summed E-state index contributed by atoms with van der Waals surface area (Å²) in [6, 6.07) is 3.64. The molecule has 0 N–H and O–H groups in total. The van der Waals surface area contributed by atoms with E-state index in [2.05, 4.69) is 0 Å². The standard InChI is InChI=1S/C10H5NO5/c12-4-6-5-16-9-2-1-7(11(14)15)3-8(9)10(6)13/h1-5H. The zero-order valence-corrected chi connectivity index (χ0v) is 7.88. The van der Waals surface area contributed by atoms with Gasteiger partial charge in [0.15, 0.2) is 6.29 Å². The quantitative estimate of drug-likeness (QED) is 0.433. The zero-order chi connectivity index (χ0) is 11.7. The second-order valence-corrected chi connectivity index (χ2v) is 3.08. The summed E-state index contributed by atoms with van der Waals surface area (Å²) in [5.41, 5.74) is -0.739. The van der Waals surface area contributed by atoms with Gasteiger partial charge in [0.2, 0.25) is 5.43 Å². The molecule has 0 atom stereocenters. The van der Waals surface area contributed by atoms with Gasteiger partial charge in [-0.2, -0.15) is 0 Å². The van der Waals surface area contributed by atoms with Crippen molar-refractivity contribution in [2.75, 3.05) is 0 Å². The van der Waals surface area contributed by atoms with Gasteiger partial charge in [-0.15, -0.1) is 0 Å². The van der Waals surface area contributed by atoms with Crippen molar-refractivity contribution in [3.8, 4) is 0 Å². The summed E-state index contributed by atoms with van der Waals surface area (Å²) in [5, 5.41) is 10.5. The summed E-state index contributed by atoms with van der Waals surface area (Å²) in [7, 11) is 0. The van der Waals surface area contributed by atoms with Gasteiger partial charge in [-0.05, 0) is 6.07 Å². The second-order valence-electron chi connectivity index (χ2n) is 3.08. The fourth-order valence-corrected chi connectivity index (χ4v) is 1.33. The third-order valence-electron chi connectivity index (χ3n) is 2.12. The first-order valence-electron chi connectivity index (χ1n) is 4.28. The number of non-ortho nitro benzene ring substituents is 1. The molecule has 0 radical (unpaired) electrons. The van der Waals surface area contributed by atoms with Gasteiger partial charge in [-0.3, -0.25) is 19.7 Å². The smallest absolute Gasteiger partial charge is 0.270 e. The number of hydrogen-bond acceptors (Lipinski definition) is 5. The van der Waals surface area contributed by atoms with Crippen LogP contribution in [0.2, 0.25) is 0 Å². The van der Waals surface area contributed by atoms with Crippen LogP contribution in [-0.4, -0.2) is 11.2 Å². The molecule has 16 heavy (non-hydrogen) atoms. The van der Waals surface area contributed by atoms with Crippen molar-refractivity contribution in [1.29, 1.82) is 0 Å². The number of carbonyl (C=O) groups is 1. The average Bonchev–Trinajstić information content (AvgIpc) is 2.29. The van der Waals surface area contributed by atoms with E-state index in [1.165, 1.54) is 12.1 Å². The minimum atomic E-state index is -0.619. The summed E-state index contributed by atoms with van der Waals surface area (Å²) in [4.78, 5) is 32.0. The van der Waals surface area contributed by atoms with E-state index in [1.54, 1.807) is 0 Å². The van der Waals surface area contributed by atoms with Crippen molar-refractivity contribution >= 4 is 22.9 Å². The number of hydrogen-bond donors (Lipinski definition) is 0. The number of carbonyl (C=O) groups excluding carboxylic acids is 1. The molecule has 0 unspecified atom stereocenters. The Morgan fingerprint density at radius 1 is 1.38 bits per heavy atom. The Labute approximate surface area is 88.3 Å². The number of rotatable bonds is 2. The molecule has 1 aromatic carbocycles.